The maximum Gasteiger partial charge on any atom is 0.268 e. The van der Waals surface area contributed by atoms with Crippen molar-refractivity contribution in [2.45, 2.75) is 0 Å². The van der Waals surface area contributed by atoms with Gasteiger partial charge in [-0.05, 0) is 24.3 Å². The summed E-state index contributed by atoms with van der Waals surface area (Å²) in [5.74, 6) is 1.03. The fourth-order valence-corrected chi connectivity index (χ4v) is 3.33. The molecule has 0 saturated carbocycles. The molecule has 3 heterocycles. The monoisotopic (exact) mass is 438 g/mol. The van der Waals surface area contributed by atoms with E-state index in [4.69, 9.17) is 8.83 Å². The van der Waals surface area contributed by atoms with Gasteiger partial charge in [-0.3, -0.25) is 9.78 Å². The number of carbonyl (C=O) groups excluding carboxylic acids is 1. The minimum atomic E-state index is -0.124. The fourth-order valence-electron chi connectivity index (χ4n) is 3.33. The molecule has 9 nitrogen and oxygen atoms in total. The Morgan fingerprint density at radius 2 is 1.64 bits per heavy atom. The molecule has 5 aromatic rings. The Balaban J connectivity index is 1.56. The average molecular weight is 438 g/mol. The summed E-state index contributed by atoms with van der Waals surface area (Å²) in [4.78, 5) is 27.0. The van der Waals surface area contributed by atoms with E-state index in [0.717, 1.165) is 11.1 Å². The third-order valence-electron chi connectivity index (χ3n) is 4.95. The van der Waals surface area contributed by atoms with E-state index in [9.17, 15) is 4.79 Å². The van der Waals surface area contributed by atoms with E-state index in [2.05, 4.69) is 25.1 Å². The van der Waals surface area contributed by atoms with Crippen LogP contribution in [0.25, 0.3) is 45.6 Å². The Morgan fingerprint density at radius 3 is 2.39 bits per heavy atom. The first-order valence-electron chi connectivity index (χ1n) is 10.1. The number of oxazole rings is 1. The van der Waals surface area contributed by atoms with Gasteiger partial charge in [0.1, 0.15) is 5.69 Å². The van der Waals surface area contributed by atoms with Crippen LogP contribution >= 0.6 is 0 Å². The van der Waals surface area contributed by atoms with Gasteiger partial charge in [0, 0.05) is 36.3 Å². The molecule has 0 N–H and O–H groups in total. The average Bonchev–Trinajstić information content (AvgIpc) is 3.57. The van der Waals surface area contributed by atoms with Crippen LogP contribution in [0.3, 0.4) is 0 Å². The highest BCUT2D eigenvalue weighted by atomic mass is 16.4. The van der Waals surface area contributed by atoms with Crippen molar-refractivity contribution in [3.63, 3.8) is 0 Å². The first kappa shape index (κ1) is 20.3. The van der Waals surface area contributed by atoms with Crippen LogP contribution in [-0.2, 0) is 0 Å². The van der Waals surface area contributed by atoms with Gasteiger partial charge < -0.3 is 13.7 Å². The Morgan fingerprint density at radius 1 is 0.848 bits per heavy atom. The summed E-state index contributed by atoms with van der Waals surface area (Å²) >= 11 is 0. The van der Waals surface area contributed by atoms with Crippen molar-refractivity contribution in [1.82, 2.24) is 30.0 Å². The molecule has 0 aliphatic carbocycles. The van der Waals surface area contributed by atoms with Crippen molar-refractivity contribution in [3.05, 3.63) is 79.1 Å². The second-order valence-electron chi connectivity index (χ2n) is 7.39. The third kappa shape index (κ3) is 3.99. The third-order valence-corrected chi connectivity index (χ3v) is 4.95. The van der Waals surface area contributed by atoms with Gasteiger partial charge in [0.05, 0.1) is 24.3 Å². The molecule has 0 fully saturated rings. The molecule has 1 amide bonds. The van der Waals surface area contributed by atoms with E-state index in [1.165, 1.54) is 11.3 Å². The van der Waals surface area contributed by atoms with Crippen LogP contribution in [0.5, 0.6) is 0 Å². The van der Waals surface area contributed by atoms with Crippen LogP contribution in [0.2, 0.25) is 0 Å². The summed E-state index contributed by atoms with van der Waals surface area (Å²) in [6.45, 7) is 0. The molecule has 0 atom stereocenters. The Hall–Kier alpha value is -4.66. The number of hydrogen-bond donors (Lipinski definition) is 0. The molecule has 9 heteroatoms. The molecule has 0 radical (unpaired) electrons. The number of hydrogen-bond acceptors (Lipinski definition) is 8. The maximum absolute atomic E-state index is 12.5. The molecule has 5 rings (SSSR count). The van der Waals surface area contributed by atoms with Crippen molar-refractivity contribution in [1.29, 1.82) is 0 Å². The molecule has 162 valence electrons. The Bertz CT molecular complexity index is 1410. The lowest BCUT2D eigenvalue weighted by molar-refractivity contribution is 0.0827. The lowest BCUT2D eigenvalue weighted by Crippen LogP contribution is -2.21. The second-order valence-corrected chi connectivity index (χ2v) is 7.39. The highest BCUT2D eigenvalue weighted by molar-refractivity contribution is 5.96. The van der Waals surface area contributed by atoms with Crippen molar-refractivity contribution in [2.24, 2.45) is 0 Å². The van der Waals surface area contributed by atoms with Crippen LogP contribution in [-0.4, -0.2) is 50.1 Å². The number of benzene rings is 2. The van der Waals surface area contributed by atoms with Gasteiger partial charge in [-0.1, -0.05) is 24.3 Å². The van der Waals surface area contributed by atoms with Crippen LogP contribution in [0, 0.1) is 0 Å². The van der Waals surface area contributed by atoms with Gasteiger partial charge in [0.15, 0.2) is 12.2 Å². The lowest BCUT2D eigenvalue weighted by atomic mass is 9.99. The summed E-state index contributed by atoms with van der Waals surface area (Å²) < 4.78 is 11.3. The minimum absolute atomic E-state index is 0.124. The second kappa shape index (κ2) is 8.46. The van der Waals surface area contributed by atoms with Crippen LogP contribution in [0.15, 0.2) is 82.3 Å². The zero-order chi connectivity index (χ0) is 22.8. The van der Waals surface area contributed by atoms with Crippen LogP contribution in [0.4, 0.5) is 0 Å². The minimum Gasteiger partial charge on any atom is -0.443 e. The Kier molecular flexibility index (Phi) is 5.19. The summed E-state index contributed by atoms with van der Waals surface area (Å²) in [5.41, 5.74) is 3.71. The molecule has 0 aliphatic rings. The van der Waals surface area contributed by atoms with E-state index in [1.807, 2.05) is 36.4 Å². The van der Waals surface area contributed by atoms with Crippen molar-refractivity contribution in [3.8, 4) is 45.6 Å². The summed E-state index contributed by atoms with van der Waals surface area (Å²) in [7, 11) is 3.40. The van der Waals surface area contributed by atoms with Gasteiger partial charge in [0.25, 0.3) is 11.8 Å². The van der Waals surface area contributed by atoms with E-state index in [1.54, 1.807) is 44.8 Å². The van der Waals surface area contributed by atoms with Gasteiger partial charge in [-0.2, -0.15) is 0 Å². The van der Waals surface area contributed by atoms with E-state index >= 15 is 0 Å². The van der Waals surface area contributed by atoms with Crippen molar-refractivity contribution in [2.75, 3.05) is 14.1 Å². The van der Waals surface area contributed by atoms with E-state index in [-0.39, 0.29) is 11.8 Å². The largest absolute Gasteiger partial charge is 0.443 e. The van der Waals surface area contributed by atoms with Gasteiger partial charge in [-0.25, -0.2) is 9.97 Å². The molecule has 0 bridgehead atoms. The molecule has 0 unspecified atom stereocenters. The highest BCUT2D eigenvalue weighted by Gasteiger charge is 2.18. The quantitative estimate of drug-likeness (QED) is 0.401. The van der Waals surface area contributed by atoms with Gasteiger partial charge in [-0.15, -0.1) is 10.2 Å². The smallest absolute Gasteiger partial charge is 0.268 e. The number of amides is 1. The summed E-state index contributed by atoms with van der Waals surface area (Å²) in [6, 6.07) is 14.8. The van der Waals surface area contributed by atoms with E-state index in [0.29, 0.717) is 34.2 Å². The van der Waals surface area contributed by atoms with Gasteiger partial charge >= 0.3 is 0 Å². The summed E-state index contributed by atoms with van der Waals surface area (Å²) in [6.07, 6.45) is 6.11. The number of carbonyl (C=O) groups is 1. The summed E-state index contributed by atoms with van der Waals surface area (Å²) in [5, 5.41) is 8.25. The molecule has 3 aromatic heterocycles. The predicted molar refractivity (Wildman–Crippen MR) is 120 cm³/mol. The normalized spacial score (nSPS) is 10.8. The van der Waals surface area contributed by atoms with Crippen molar-refractivity contribution >= 4 is 5.91 Å². The molecule has 2 aromatic carbocycles. The zero-order valence-electron chi connectivity index (χ0n) is 17.8. The first-order valence-corrected chi connectivity index (χ1v) is 10.1. The molecule has 0 aliphatic heterocycles. The Labute approximate surface area is 188 Å². The number of rotatable bonds is 5. The molecular weight excluding hydrogens is 420 g/mol. The lowest BCUT2D eigenvalue weighted by Gasteiger charge is -2.13. The molecular formula is C24H18N6O3. The van der Waals surface area contributed by atoms with Crippen molar-refractivity contribution < 1.29 is 13.6 Å². The standard InChI is InChI=1S/C24H18N6O3/c1-30(2)24(31)16-8-9-17(18(10-16)21-13-26-14-32-21)19-11-25-12-20(27-19)23-29-28-22(33-23)15-6-4-3-5-7-15/h3-14H,1-2H3. The zero-order valence-corrected chi connectivity index (χ0v) is 17.8. The van der Waals surface area contributed by atoms with Crippen LogP contribution in [0.1, 0.15) is 10.4 Å². The number of aromatic nitrogens is 5. The first-order chi connectivity index (χ1) is 16.1. The number of nitrogens with zero attached hydrogens (tertiary/aromatic N) is 6. The van der Waals surface area contributed by atoms with E-state index < -0.39 is 0 Å². The highest BCUT2D eigenvalue weighted by Crippen LogP contribution is 2.33. The van der Waals surface area contributed by atoms with Crippen LogP contribution < -0.4 is 0 Å². The fraction of sp³-hybridized carbons (Fsp3) is 0.0833. The molecule has 0 spiro atoms. The maximum atomic E-state index is 12.5. The molecule has 33 heavy (non-hydrogen) atoms. The van der Waals surface area contributed by atoms with Gasteiger partial charge in [0.2, 0.25) is 5.89 Å². The topological polar surface area (TPSA) is 111 Å². The SMILES string of the molecule is CN(C)C(=O)c1ccc(-c2cncc(-c3nnc(-c4ccccc4)o3)n2)c(-c2cnco2)c1. The molecule has 0 saturated heterocycles. The predicted octanol–water partition coefficient (Wildman–Crippen LogP) is 4.22.